The Morgan fingerprint density at radius 3 is 2.67 bits per heavy atom. The molecule has 1 saturated heterocycles. The number of rotatable bonds is 3. The Kier molecular flexibility index (Phi) is 3.27. The first-order valence-electron chi connectivity index (χ1n) is 5.67. The van der Waals surface area contributed by atoms with Gasteiger partial charge in [0.25, 0.3) is 0 Å². The number of aryl methyl sites for hydroxylation is 2. The van der Waals surface area contributed by atoms with Crippen LogP contribution in [0.4, 0.5) is 0 Å². The summed E-state index contributed by atoms with van der Waals surface area (Å²) in [5, 5.41) is 3.36. The standard InChI is InChI=1S/C13H19NO/c1-10-4-3-5-11(2)13(10)15-9-12-6-7-14-8-12/h3-5,12,14H,6-9H2,1-2H3. The number of hydrogen-bond donors (Lipinski definition) is 1. The average molecular weight is 205 g/mol. The van der Waals surface area contributed by atoms with E-state index in [2.05, 4.69) is 37.4 Å². The van der Waals surface area contributed by atoms with Crippen LogP contribution in [0.5, 0.6) is 5.75 Å². The molecular formula is C13H19NO. The van der Waals surface area contributed by atoms with Gasteiger partial charge in [0, 0.05) is 12.5 Å². The molecule has 0 spiro atoms. The highest BCUT2D eigenvalue weighted by Gasteiger charge is 2.15. The summed E-state index contributed by atoms with van der Waals surface area (Å²) in [6.45, 7) is 7.30. The van der Waals surface area contributed by atoms with Crippen LogP contribution >= 0.6 is 0 Å². The summed E-state index contributed by atoms with van der Waals surface area (Å²) in [7, 11) is 0. The molecule has 1 atom stereocenters. The first kappa shape index (κ1) is 10.5. The first-order chi connectivity index (χ1) is 7.27. The van der Waals surface area contributed by atoms with Crippen molar-refractivity contribution in [2.45, 2.75) is 20.3 Å². The van der Waals surface area contributed by atoms with Crippen LogP contribution in [0.2, 0.25) is 0 Å². The molecule has 0 aliphatic carbocycles. The zero-order chi connectivity index (χ0) is 10.7. The normalized spacial score (nSPS) is 20.5. The van der Waals surface area contributed by atoms with Crippen molar-refractivity contribution >= 4 is 0 Å². The molecule has 2 rings (SSSR count). The highest BCUT2D eigenvalue weighted by molar-refractivity contribution is 5.39. The Morgan fingerprint density at radius 1 is 1.33 bits per heavy atom. The first-order valence-corrected chi connectivity index (χ1v) is 5.67. The monoisotopic (exact) mass is 205 g/mol. The van der Waals surface area contributed by atoms with Crippen LogP contribution in [0.3, 0.4) is 0 Å². The number of ether oxygens (including phenoxy) is 1. The van der Waals surface area contributed by atoms with E-state index in [1.165, 1.54) is 17.5 Å². The number of benzene rings is 1. The summed E-state index contributed by atoms with van der Waals surface area (Å²) in [6, 6.07) is 6.29. The van der Waals surface area contributed by atoms with Crippen molar-refractivity contribution in [3.63, 3.8) is 0 Å². The summed E-state index contributed by atoms with van der Waals surface area (Å²) >= 11 is 0. The zero-order valence-electron chi connectivity index (χ0n) is 9.55. The minimum absolute atomic E-state index is 0.684. The third-order valence-corrected chi connectivity index (χ3v) is 3.03. The lowest BCUT2D eigenvalue weighted by Crippen LogP contribution is -2.16. The van der Waals surface area contributed by atoms with Crippen molar-refractivity contribution in [1.29, 1.82) is 0 Å². The van der Waals surface area contributed by atoms with Gasteiger partial charge < -0.3 is 10.1 Å². The van der Waals surface area contributed by atoms with Gasteiger partial charge in [0.1, 0.15) is 5.75 Å². The van der Waals surface area contributed by atoms with Crippen LogP contribution in [0.1, 0.15) is 17.5 Å². The lowest BCUT2D eigenvalue weighted by atomic mass is 10.1. The molecule has 82 valence electrons. The lowest BCUT2D eigenvalue weighted by Gasteiger charge is -2.14. The summed E-state index contributed by atoms with van der Waals surface area (Å²) in [6.07, 6.45) is 1.24. The Bertz CT molecular complexity index is 309. The van der Waals surface area contributed by atoms with Gasteiger partial charge in [-0.2, -0.15) is 0 Å². The highest BCUT2D eigenvalue weighted by atomic mass is 16.5. The SMILES string of the molecule is Cc1cccc(C)c1OCC1CCNC1. The fraction of sp³-hybridized carbons (Fsp3) is 0.538. The van der Waals surface area contributed by atoms with E-state index >= 15 is 0 Å². The van der Waals surface area contributed by atoms with Crippen molar-refractivity contribution in [2.24, 2.45) is 5.92 Å². The Morgan fingerprint density at radius 2 is 2.07 bits per heavy atom. The molecule has 2 heteroatoms. The molecule has 1 heterocycles. The van der Waals surface area contributed by atoms with Gasteiger partial charge >= 0.3 is 0 Å². The van der Waals surface area contributed by atoms with Crippen LogP contribution in [-0.2, 0) is 0 Å². The van der Waals surface area contributed by atoms with E-state index in [4.69, 9.17) is 4.74 Å². The molecule has 0 radical (unpaired) electrons. The maximum Gasteiger partial charge on any atom is 0.125 e. The van der Waals surface area contributed by atoms with Gasteiger partial charge in [0.2, 0.25) is 0 Å². The third kappa shape index (κ3) is 2.51. The predicted molar refractivity (Wildman–Crippen MR) is 62.4 cm³/mol. The van der Waals surface area contributed by atoms with E-state index in [0.717, 1.165) is 25.4 Å². The van der Waals surface area contributed by atoms with Crippen molar-refractivity contribution < 1.29 is 4.74 Å². The molecule has 0 saturated carbocycles. The highest BCUT2D eigenvalue weighted by Crippen LogP contribution is 2.23. The van der Waals surface area contributed by atoms with Gasteiger partial charge in [-0.05, 0) is 37.9 Å². The van der Waals surface area contributed by atoms with Crippen molar-refractivity contribution in [2.75, 3.05) is 19.7 Å². The summed E-state index contributed by atoms with van der Waals surface area (Å²) < 4.78 is 5.91. The third-order valence-electron chi connectivity index (χ3n) is 3.03. The number of hydrogen-bond acceptors (Lipinski definition) is 2. The fourth-order valence-corrected chi connectivity index (χ4v) is 2.08. The predicted octanol–water partition coefficient (Wildman–Crippen LogP) is 2.29. The molecule has 1 aromatic rings. The molecule has 1 aromatic carbocycles. The summed E-state index contributed by atoms with van der Waals surface area (Å²) in [5.41, 5.74) is 2.47. The average Bonchev–Trinajstić information content (AvgIpc) is 2.70. The molecular weight excluding hydrogens is 186 g/mol. The molecule has 1 aliphatic heterocycles. The van der Waals surface area contributed by atoms with E-state index in [1.807, 2.05) is 0 Å². The second kappa shape index (κ2) is 4.67. The topological polar surface area (TPSA) is 21.3 Å². The Labute approximate surface area is 91.6 Å². The van der Waals surface area contributed by atoms with E-state index < -0.39 is 0 Å². The maximum atomic E-state index is 5.91. The molecule has 1 unspecified atom stereocenters. The van der Waals surface area contributed by atoms with E-state index in [9.17, 15) is 0 Å². The maximum absolute atomic E-state index is 5.91. The largest absolute Gasteiger partial charge is 0.493 e. The van der Waals surface area contributed by atoms with Crippen LogP contribution in [0, 0.1) is 19.8 Å². The van der Waals surface area contributed by atoms with Crippen LogP contribution < -0.4 is 10.1 Å². The summed E-state index contributed by atoms with van der Waals surface area (Å²) in [5.74, 6) is 1.76. The van der Waals surface area contributed by atoms with Crippen LogP contribution in [-0.4, -0.2) is 19.7 Å². The number of nitrogens with one attached hydrogen (secondary N) is 1. The molecule has 2 nitrogen and oxygen atoms in total. The molecule has 1 fully saturated rings. The van der Waals surface area contributed by atoms with E-state index in [0.29, 0.717) is 5.92 Å². The molecule has 0 amide bonds. The molecule has 0 aromatic heterocycles. The molecule has 1 N–H and O–H groups in total. The summed E-state index contributed by atoms with van der Waals surface area (Å²) in [4.78, 5) is 0. The molecule has 15 heavy (non-hydrogen) atoms. The lowest BCUT2D eigenvalue weighted by molar-refractivity contribution is 0.257. The molecule has 1 aliphatic rings. The van der Waals surface area contributed by atoms with Crippen molar-refractivity contribution in [3.05, 3.63) is 29.3 Å². The second-order valence-electron chi connectivity index (χ2n) is 4.39. The van der Waals surface area contributed by atoms with E-state index in [1.54, 1.807) is 0 Å². The fourth-order valence-electron chi connectivity index (χ4n) is 2.08. The van der Waals surface area contributed by atoms with Gasteiger partial charge in [-0.1, -0.05) is 18.2 Å². The van der Waals surface area contributed by atoms with Gasteiger partial charge in [-0.15, -0.1) is 0 Å². The van der Waals surface area contributed by atoms with Crippen LogP contribution in [0.15, 0.2) is 18.2 Å². The van der Waals surface area contributed by atoms with E-state index in [-0.39, 0.29) is 0 Å². The quantitative estimate of drug-likeness (QED) is 0.817. The smallest absolute Gasteiger partial charge is 0.125 e. The molecule has 0 bridgehead atoms. The van der Waals surface area contributed by atoms with Crippen molar-refractivity contribution in [1.82, 2.24) is 5.32 Å². The minimum Gasteiger partial charge on any atom is -0.493 e. The van der Waals surface area contributed by atoms with Crippen molar-refractivity contribution in [3.8, 4) is 5.75 Å². The van der Waals surface area contributed by atoms with Gasteiger partial charge in [0.15, 0.2) is 0 Å². The van der Waals surface area contributed by atoms with Gasteiger partial charge in [-0.3, -0.25) is 0 Å². The Balaban J connectivity index is 1.97. The Hall–Kier alpha value is -1.02. The number of para-hydroxylation sites is 1. The minimum atomic E-state index is 0.684. The second-order valence-corrected chi connectivity index (χ2v) is 4.39. The van der Waals surface area contributed by atoms with Crippen LogP contribution in [0.25, 0.3) is 0 Å². The van der Waals surface area contributed by atoms with Gasteiger partial charge in [-0.25, -0.2) is 0 Å². The zero-order valence-corrected chi connectivity index (χ0v) is 9.55. The van der Waals surface area contributed by atoms with Gasteiger partial charge in [0.05, 0.1) is 6.61 Å².